The minimum atomic E-state index is 0.368. The molecule has 0 bridgehead atoms. The summed E-state index contributed by atoms with van der Waals surface area (Å²) in [5.74, 6) is 2.66. The molecule has 3 nitrogen and oxygen atoms in total. The maximum atomic E-state index is 11.2. The average Bonchev–Trinajstić information content (AvgIpc) is 2.96. The van der Waals surface area contributed by atoms with E-state index < -0.39 is 0 Å². The Hall–Kier alpha value is -1.94. The average molecular weight is 300 g/mol. The normalized spacial score (nSPS) is 16.3. The van der Waals surface area contributed by atoms with Crippen molar-refractivity contribution in [2.24, 2.45) is 0 Å². The number of aldehydes is 1. The summed E-state index contributed by atoms with van der Waals surface area (Å²) in [7, 11) is 1.58. The van der Waals surface area contributed by atoms with E-state index in [2.05, 4.69) is 24.3 Å². The molecule has 0 fully saturated rings. The summed E-state index contributed by atoms with van der Waals surface area (Å²) in [5, 5.41) is 0. The Kier molecular flexibility index (Phi) is 4.15. The van der Waals surface area contributed by atoms with Crippen LogP contribution in [0.25, 0.3) is 0 Å². The van der Waals surface area contributed by atoms with Crippen molar-refractivity contribution < 1.29 is 14.3 Å². The summed E-state index contributed by atoms with van der Waals surface area (Å²) in [6.07, 6.45) is 0.801. The lowest BCUT2D eigenvalue weighted by Crippen LogP contribution is -2.10. The Bertz CT molecular complexity index is 654. The minimum Gasteiger partial charge on any atom is -0.497 e. The van der Waals surface area contributed by atoms with Gasteiger partial charge in [-0.3, -0.25) is 4.79 Å². The van der Waals surface area contributed by atoms with Crippen LogP contribution in [-0.4, -0.2) is 25.8 Å². The van der Waals surface area contributed by atoms with Crippen LogP contribution in [0, 0.1) is 0 Å². The molecule has 1 aliphatic rings. The third-order valence-corrected chi connectivity index (χ3v) is 4.83. The SMILES string of the molecule is COc1ccc(OCC2CSc3ccccc32)c(C=O)c1. The number of carbonyl (C=O) groups excluding carboxylic acids is 1. The van der Waals surface area contributed by atoms with Crippen LogP contribution in [0.15, 0.2) is 47.4 Å². The summed E-state index contributed by atoms with van der Waals surface area (Å²) in [6.45, 7) is 0.581. The zero-order chi connectivity index (χ0) is 14.7. The molecule has 2 aromatic rings. The Morgan fingerprint density at radius 3 is 2.95 bits per heavy atom. The number of thioether (sulfide) groups is 1. The number of carbonyl (C=O) groups is 1. The van der Waals surface area contributed by atoms with Gasteiger partial charge in [-0.25, -0.2) is 0 Å². The van der Waals surface area contributed by atoms with E-state index in [1.165, 1.54) is 10.5 Å². The van der Waals surface area contributed by atoms with Crippen molar-refractivity contribution in [2.75, 3.05) is 19.5 Å². The van der Waals surface area contributed by atoms with Crippen LogP contribution in [-0.2, 0) is 0 Å². The summed E-state index contributed by atoms with van der Waals surface area (Å²) in [6, 6.07) is 13.7. The van der Waals surface area contributed by atoms with E-state index in [9.17, 15) is 4.79 Å². The second-order valence-electron chi connectivity index (χ2n) is 4.88. The maximum absolute atomic E-state index is 11.2. The molecule has 21 heavy (non-hydrogen) atoms. The molecule has 3 rings (SSSR count). The van der Waals surface area contributed by atoms with Gasteiger partial charge in [0.25, 0.3) is 0 Å². The van der Waals surface area contributed by atoms with Crippen LogP contribution in [0.2, 0.25) is 0 Å². The lowest BCUT2D eigenvalue weighted by atomic mass is 10.0. The molecule has 4 heteroatoms. The highest BCUT2D eigenvalue weighted by atomic mass is 32.2. The van der Waals surface area contributed by atoms with Gasteiger partial charge in [0.2, 0.25) is 0 Å². The highest BCUT2D eigenvalue weighted by molar-refractivity contribution is 7.99. The van der Waals surface area contributed by atoms with Crippen LogP contribution in [0.1, 0.15) is 21.8 Å². The third-order valence-electron chi connectivity index (χ3n) is 3.58. The number of rotatable bonds is 5. The molecule has 0 saturated heterocycles. The van der Waals surface area contributed by atoms with Gasteiger partial charge in [-0.15, -0.1) is 11.8 Å². The monoisotopic (exact) mass is 300 g/mol. The van der Waals surface area contributed by atoms with Crippen LogP contribution < -0.4 is 9.47 Å². The second kappa shape index (κ2) is 6.22. The van der Waals surface area contributed by atoms with E-state index >= 15 is 0 Å². The van der Waals surface area contributed by atoms with Crippen molar-refractivity contribution >= 4 is 18.0 Å². The van der Waals surface area contributed by atoms with E-state index in [4.69, 9.17) is 9.47 Å². The predicted molar refractivity (Wildman–Crippen MR) is 83.8 cm³/mol. The van der Waals surface area contributed by atoms with Crippen molar-refractivity contribution in [3.63, 3.8) is 0 Å². The van der Waals surface area contributed by atoms with Crippen molar-refractivity contribution in [1.29, 1.82) is 0 Å². The lowest BCUT2D eigenvalue weighted by Gasteiger charge is -2.14. The van der Waals surface area contributed by atoms with Crippen LogP contribution >= 0.6 is 11.8 Å². The first-order chi connectivity index (χ1) is 10.3. The Balaban J connectivity index is 1.73. The molecule has 1 atom stereocenters. The number of hydrogen-bond donors (Lipinski definition) is 0. The Morgan fingerprint density at radius 1 is 1.29 bits per heavy atom. The molecule has 1 aliphatic heterocycles. The number of fused-ring (bicyclic) bond motifs is 1. The molecule has 0 saturated carbocycles. The summed E-state index contributed by atoms with van der Waals surface area (Å²) < 4.78 is 11.0. The molecular weight excluding hydrogens is 284 g/mol. The zero-order valence-corrected chi connectivity index (χ0v) is 12.6. The molecule has 0 aliphatic carbocycles. The van der Waals surface area contributed by atoms with Gasteiger partial charge in [-0.1, -0.05) is 18.2 Å². The van der Waals surface area contributed by atoms with Crippen LogP contribution in [0.3, 0.4) is 0 Å². The molecule has 1 heterocycles. The summed E-state index contributed by atoms with van der Waals surface area (Å²) >= 11 is 1.86. The minimum absolute atomic E-state index is 0.368. The number of hydrogen-bond acceptors (Lipinski definition) is 4. The first kappa shape index (κ1) is 14.0. The smallest absolute Gasteiger partial charge is 0.153 e. The second-order valence-corrected chi connectivity index (χ2v) is 5.94. The topological polar surface area (TPSA) is 35.5 Å². The van der Waals surface area contributed by atoms with Gasteiger partial charge in [0.15, 0.2) is 6.29 Å². The molecular formula is C17H16O3S. The Labute approximate surface area is 128 Å². The van der Waals surface area contributed by atoms with E-state index in [0.717, 1.165) is 12.0 Å². The van der Waals surface area contributed by atoms with Gasteiger partial charge in [0.05, 0.1) is 19.3 Å². The predicted octanol–water partition coefficient (Wildman–Crippen LogP) is 3.78. The first-order valence-corrected chi connectivity index (χ1v) is 7.78. The molecule has 2 aromatic carbocycles. The van der Waals surface area contributed by atoms with Crippen molar-refractivity contribution in [3.8, 4) is 11.5 Å². The van der Waals surface area contributed by atoms with Gasteiger partial charge in [0, 0.05) is 16.6 Å². The molecule has 0 amide bonds. The van der Waals surface area contributed by atoms with Crippen molar-refractivity contribution in [1.82, 2.24) is 0 Å². The van der Waals surface area contributed by atoms with Gasteiger partial charge < -0.3 is 9.47 Å². The van der Waals surface area contributed by atoms with Crippen LogP contribution in [0.4, 0.5) is 0 Å². The first-order valence-electron chi connectivity index (χ1n) is 6.79. The van der Waals surface area contributed by atoms with Crippen molar-refractivity contribution in [2.45, 2.75) is 10.8 Å². The molecule has 1 unspecified atom stereocenters. The number of ether oxygens (including phenoxy) is 2. The van der Waals surface area contributed by atoms with E-state index in [0.29, 0.717) is 29.6 Å². The van der Waals surface area contributed by atoms with E-state index in [1.807, 2.05) is 11.8 Å². The van der Waals surface area contributed by atoms with E-state index in [1.54, 1.807) is 25.3 Å². The number of benzene rings is 2. The fourth-order valence-electron chi connectivity index (χ4n) is 2.43. The van der Waals surface area contributed by atoms with Gasteiger partial charge in [0.1, 0.15) is 11.5 Å². The van der Waals surface area contributed by atoms with E-state index in [-0.39, 0.29) is 0 Å². The lowest BCUT2D eigenvalue weighted by molar-refractivity contribution is 0.111. The van der Waals surface area contributed by atoms with Crippen molar-refractivity contribution in [3.05, 3.63) is 53.6 Å². The molecule has 0 spiro atoms. The number of methoxy groups -OCH3 is 1. The standard InChI is InChI=1S/C17H16O3S/c1-19-14-6-7-16(12(8-14)9-18)20-10-13-11-21-17-5-3-2-4-15(13)17/h2-9,13H,10-11H2,1H3. The van der Waals surface area contributed by atoms with Gasteiger partial charge in [-0.2, -0.15) is 0 Å². The molecule has 0 aromatic heterocycles. The van der Waals surface area contributed by atoms with Gasteiger partial charge >= 0.3 is 0 Å². The van der Waals surface area contributed by atoms with Gasteiger partial charge in [-0.05, 0) is 29.8 Å². The highest BCUT2D eigenvalue weighted by Crippen LogP contribution is 2.39. The third kappa shape index (κ3) is 2.90. The highest BCUT2D eigenvalue weighted by Gasteiger charge is 2.23. The largest absolute Gasteiger partial charge is 0.497 e. The van der Waals surface area contributed by atoms with Crippen LogP contribution in [0.5, 0.6) is 11.5 Å². The molecule has 108 valence electrons. The maximum Gasteiger partial charge on any atom is 0.153 e. The fourth-order valence-corrected chi connectivity index (χ4v) is 3.67. The zero-order valence-electron chi connectivity index (χ0n) is 11.7. The summed E-state index contributed by atoms with van der Waals surface area (Å²) in [4.78, 5) is 12.5. The summed E-state index contributed by atoms with van der Waals surface area (Å²) in [5.41, 5.74) is 1.86. The Morgan fingerprint density at radius 2 is 2.14 bits per heavy atom. The quantitative estimate of drug-likeness (QED) is 0.787. The molecule has 0 N–H and O–H groups in total. The molecule has 0 radical (unpaired) electrons. The fraction of sp³-hybridized carbons (Fsp3) is 0.235.